The number of cyclic esters (lactones) is 1. The third-order valence-electron chi connectivity index (χ3n) is 2.36. The normalized spacial score (nSPS) is 19.3. The first-order valence-corrected chi connectivity index (χ1v) is 5.70. The van der Waals surface area contributed by atoms with Crippen LogP contribution < -0.4 is 5.32 Å². The fourth-order valence-corrected chi connectivity index (χ4v) is 1.97. The minimum atomic E-state index is -0.514. The molecule has 0 saturated carbocycles. The number of esters is 1. The smallest absolute Gasteiger partial charge is 0.328 e. The Labute approximate surface area is 101 Å². The highest BCUT2D eigenvalue weighted by Crippen LogP contribution is 2.16. The zero-order valence-electron chi connectivity index (χ0n) is 8.40. The summed E-state index contributed by atoms with van der Waals surface area (Å²) in [6.45, 7) is 0.375. The molecular formula is C11H10BrNO3. The van der Waals surface area contributed by atoms with Gasteiger partial charge in [-0.1, -0.05) is 12.1 Å². The first-order valence-electron chi connectivity index (χ1n) is 4.90. The van der Waals surface area contributed by atoms with E-state index in [4.69, 9.17) is 4.74 Å². The molecule has 1 aromatic rings. The molecule has 0 radical (unpaired) electrons. The molecule has 1 atom stereocenters. The third-order valence-corrected chi connectivity index (χ3v) is 3.05. The molecule has 0 aromatic heterocycles. The predicted molar refractivity (Wildman–Crippen MR) is 61.0 cm³/mol. The monoisotopic (exact) mass is 283 g/mol. The number of carbonyl (C=O) groups is 2. The third kappa shape index (κ3) is 2.24. The summed E-state index contributed by atoms with van der Waals surface area (Å²) in [7, 11) is 0. The van der Waals surface area contributed by atoms with Gasteiger partial charge in [-0.2, -0.15) is 0 Å². The Morgan fingerprint density at radius 3 is 2.81 bits per heavy atom. The molecule has 0 spiro atoms. The molecule has 1 saturated heterocycles. The molecule has 1 heterocycles. The van der Waals surface area contributed by atoms with E-state index in [1.165, 1.54) is 0 Å². The van der Waals surface area contributed by atoms with Crippen LogP contribution in [0.3, 0.4) is 0 Å². The van der Waals surface area contributed by atoms with Gasteiger partial charge in [0.25, 0.3) is 5.91 Å². The van der Waals surface area contributed by atoms with Gasteiger partial charge in [-0.3, -0.25) is 4.79 Å². The topological polar surface area (TPSA) is 55.4 Å². The summed E-state index contributed by atoms with van der Waals surface area (Å²) in [6.07, 6.45) is 0.537. The van der Waals surface area contributed by atoms with Crippen LogP contribution in [0.5, 0.6) is 0 Å². The maximum Gasteiger partial charge on any atom is 0.328 e. The standard InChI is InChI=1S/C11H10BrNO3/c12-8-4-2-1-3-7(8)10(14)13-9-5-6-16-11(9)15/h1-4,9H,5-6H2,(H,13,14). The van der Waals surface area contributed by atoms with Crippen LogP contribution in [0.4, 0.5) is 0 Å². The molecule has 84 valence electrons. The summed E-state index contributed by atoms with van der Waals surface area (Å²) in [6, 6.07) is 6.55. The van der Waals surface area contributed by atoms with Crippen molar-refractivity contribution in [2.75, 3.05) is 6.61 Å². The lowest BCUT2D eigenvalue weighted by molar-refractivity contribution is -0.139. The molecule has 1 amide bonds. The molecule has 4 nitrogen and oxygen atoms in total. The molecule has 1 aliphatic rings. The molecule has 1 unspecified atom stereocenters. The van der Waals surface area contributed by atoms with Crippen LogP contribution in [0.15, 0.2) is 28.7 Å². The largest absolute Gasteiger partial charge is 0.464 e. The van der Waals surface area contributed by atoms with Crippen molar-refractivity contribution in [3.05, 3.63) is 34.3 Å². The fourth-order valence-electron chi connectivity index (χ4n) is 1.51. The fraction of sp³-hybridized carbons (Fsp3) is 0.273. The second kappa shape index (κ2) is 4.65. The quantitative estimate of drug-likeness (QED) is 0.837. The number of ether oxygens (including phenoxy) is 1. The van der Waals surface area contributed by atoms with E-state index < -0.39 is 6.04 Å². The Hall–Kier alpha value is -1.36. The van der Waals surface area contributed by atoms with Gasteiger partial charge in [-0.05, 0) is 28.1 Å². The number of amides is 1. The summed E-state index contributed by atoms with van der Waals surface area (Å²) in [5.41, 5.74) is 0.516. The number of carbonyl (C=O) groups excluding carboxylic acids is 2. The highest BCUT2D eigenvalue weighted by atomic mass is 79.9. The lowest BCUT2D eigenvalue weighted by atomic mass is 10.2. The average Bonchev–Trinajstić information content (AvgIpc) is 2.65. The summed E-state index contributed by atoms with van der Waals surface area (Å²) < 4.78 is 5.47. The van der Waals surface area contributed by atoms with E-state index in [0.717, 1.165) is 0 Å². The predicted octanol–water partition coefficient (Wildman–Crippen LogP) is 1.49. The molecule has 1 N–H and O–H groups in total. The van der Waals surface area contributed by atoms with Gasteiger partial charge >= 0.3 is 5.97 Å². The molecule has 1 fully saturated rings. The summed E-state index contributed by atoms with van der Waals surface area (Å²) in [5.74, 6) is -0.628. The van der Waals surface area contributed by atoms with Crippen LogP contribution in [-0.2, 0) is 9.53 Å². The Morgan fingerprint density at radius 2 is 2.19 bits per heavy atom. The minimum absolute atomic E-state index is 0.267. The average molecular weight is 284 g/mol. The van der Waals surface area contributed by atoms with Crippen LogP contribution in [0.2, 0.25) is 0 Å². The van der Waals surface area contributed by atoms with Crippen molar-refractivity contribution in [2.24, 2.45) is 0 Å². The molecule has 16 heavy (non-hydrogen) atoms. The number of nitrogens with one attached hydrogen (secondary N) is 1. The lowest BCUT2D eigenvalue weighted by Crippen LogP contribution is -2.38. The SMILES string of the molecule is O=C(NC1CCOC1=O)c1ccccc1Br. The van der Waals surface area contributed by atoms with Crippen LogP contribution in [-0.4, -0.2) is 24.5 Å². The number of benzene rings is 1. The van der Waals surface area contributed by atoms with E-state index >= 15 is 0 Å². The molecule has 1 aliphatic heterocycles. The molecule has 0 bridgehead atoms. The van der Waals surface area contributed by atoms with Crippen LogP contribution in [0.25, 0.3) is 0 Å². The molecule has 2 rings (SSSR count). The Kier molecular flexibility index (Phi) is 3.24. The van der Waals surface area contributed by atoms with E-state index in [9.17, 15) is 9.59 Å². The van der Waals surface area contributed by atoms with Crippen LogP contribution in [0.1, 0.15) is 16.8 Å². The van der Waals surface area contributed by atoms with Gasteiger partial charge < -0.3 is 10.1 Å². The highest BCUT2D eigenvalue weighted by molar-refractivity contribution is 9.10. The van der Waals surface area contributed by atoms with Gasteiger partial charge in [0, 0.05) is 10.9 Å². The maximum atomic E-state index is 11.8. The number of rotatable bonds is 2. The van der Waals surface area contributed by atoms with Gasteiger partial charge in [-0.25, -0.2) is 4.79 Å². The van der Waals surface area contributed by atoms with Crippen molar-refractivity contribution in [1.29, 1.82) is 0 Å². The van der Waals surface area contributed by atoms with Crippen molar-refractivity contribution in [3.8, 4) is 0 Å². The van der Waals surface area contributed by atoms with Gasteiger partial charge in [0.15, 0.2) is 0 Å². The molecule has 1 aromatic carbocycles. The summed E-state index contributed by atoms with van der Waals surface area (Å²) >= 11 is 3.28. The van der Waals surface area contributed by atoms with Gasteiger partial charge in [0.05, 0.1) is 12.2 Å². The van der Waals surface area contributed by atoms with Crippen molar-refractivity contribution < 1.29 is 14.3 Å². The van der Waals surface area contributed by atoms with E-state index in [2.05, 4.69) is 21.2 Å². The van der Waals surface area contributed by atoms with E-state index in [1.807, 2.05) is 6.07 Å². The lowest BCUT2D eigenvalue weighted by Gasteiger charge is -2.09. The Bertz CT molecular complexity index is 433. The van der Waals surface area contributed by atoms with Crippen molar-refractivity contribution in [1.82, 2.24) is 5.32 Å². The Morgan fingerprint density at radius 1 is 1.44 bits per heavy atom. The zero-order chi connectivity index (χ0) is 11.5. The van der Waals surface area contributed by atoms with Gasteiger partial charge in [0.2, 0.25) is 0 Å². The van der Waals surface area contributed by atoms with E-state index in [-0.39, 0.29) is 11.9 Å². The van der Waals surface area contributed by atoms with Gasteiger partial charge in [0.1, 0.15) is 6.04 Å². The zero-order valence-corrected chi connectivity index (χ0v) is 9.99. The second-order valence-corrected chi connectivity index (χ2v) is 4.32. The first-order chi connectivity index (χ1) is 7.68. The molecular weight excluding hydrogens is 274 g/mol. The Balaban J connectivity index is 2.09. The van der Waals surface area contributed by atoms with Gasteiger partial charge in [-0.15, -0.1) is 0 Å². The van der Waals surface area contributed by atoms with Crippen molar-refractivity contribution >= 4 is 27.8 Å². The van der Waals surface area contributed by atoms with E-state index in [1.54, 1.807) is 18.2 Å². The number of hydrogen-bond acceptors (Lipinski definition) is 3. The highest BCUT2D eigenvalue weighted by Gasteiger charge is 2.28. The van der Waals surface area contributed by atoms with Crippen LogP contribution >= 0.6 is 15.9 Å². The second-order valence-electron chi connectivity index (χ2n) is 3.46. The van der Waals surface area contributed by atoms with Crippen molar-refractivity contribution in [2.45, 2.75) is 12.5 Å². The summed E-state index contributed by atoms with van der Waals surface area (Å²) in [4.78, 5) is 23.0. The van der Waals surface area contributed by atoms with E-state index in [0.29, 0.717) is 23.1 Å². The maximum absolute atomic E-state index is 11.8. The van der Waals surface area contributed by atoms with Crippen molar-refractivity contribution in [3.63, 3.8) is 0 Å². The molecule has 0 aliphatic carbocycles. The first kappa shape index (κ1) is 11.1. The minimum Gasteiger partial charge on any atom is -0.464 e. The number of halogens is 1. The summed E-state index contributed by atoms with van der Waals surface area (Å²) in [5, 5.41) is 2.64. The van der Waals surface area contributed by atoms with Crippen LogP contribution in [0, 0.1) is 0 Å². The number of hydrogen-bond donors (Lipinski definition) is 1. The molecule has 5 heteroatoms.